The highest BCUT2D eigenvalue weighted by molar-refractivity contribution is 14.0. The van der Waals surface area contributed by atoms with Gasteiger partial charge in [0.2, 0.25) is 0 Å². The maximum absolute atomic E-state index is 11.4. The van der Waals surface area contributed by atoms with Crippen LogP contribution in [0.15, 0.2) is 65.7 Å². The third-order valence-corrected chi connectivity index (χ3v) is 5.72. The van der Waals surface area contributed by atoms with Crippen molar-refractivity contribution in [2.24, 2.45) is 4.99 Å². The topological polar surface area (TPSA) is 70.6 Å². The lowest BCUT2D eigenvalue weighted by atomic mass is 9.89. The molecule has 166 valence electrons. The van der Waals surface area contributed by atoms with E-state index in [1.165, 1.54) is 17.4 Å². The summed E-state index contributed by atoms with van der Waals surface area (Å²) >= 11 is 0. The number of benzene rings is 2. The van der Waals surface area contributed by atoms with Gasteiger partial charge in [-0.25, -0.2) is 8.42 Å². The molecule has 1 unspecified atom stereocenters. The van der Waals surface area contributed by atoms with E-state index in [4.69, 9.17) is 4.99 Å². The van der Waals surface area contributed by atoms with E-state index in [2.05, 4.69) is 59.2 Å². The van der Waals surface area contributed by atoms with Crippen LogP contribution >= 0.6 is 24.0 Å². The van der Waals surface area contributed by atoms with Crippen LogP contribution in [-0.2, 0) is 9.84 Å². The fourth-order valence-corrected chi connectivity index (χ4v) is 4.00. The molecule has 0 spiro atoms. The van der Waals surface area contributed by atoms with Crippen molar-refractivity contribution in [3.63, 3.8) is 0 Å². The van der Waals surface area contributed by atoms with Gasteiger partial charge in [-0.2, -0.15) is 0 Å². The van der Waals surface area contributed by atoms with Crippen LogP contribution in [0.4, 0.5) is 0 Å². The first-order chi connectivity index (χ1) is 13.9. The van der Waals surface area contributed by atoms with Crippen LogP contribution in [0.1, 0.15) is 43.7 Å². The summed E-state index contributed by atoms with van der Waals surface area (Å²) in [6.45, 7) is 5.43. The third kappa shape index (κ3) is 9.93. The number of aliphatic imine (C=N–C) groups is 1. The second-order valence-corrected chi connectivity index (χ2v) is 9.65. The van der Waals surface area contributed by atoms with E-state index >= 15 is 0 Å². The molecule has 0 amide bonds. The van der Waals surface area contributed by atoms with Gasteiger partial charge in [0.05, 0.1) is 5.75 Å². The van der Waals surface area contributed by atoms with E-state index < -0.39 is 9.84 Å². The summed E-state index contributed by atoms with van der Waals surface area (Å²) in [6.07, 6.45) is 2.72. The van der Waals surface area contributed by atoms with Gasteiger partial charge in [0.25, 0.3) is 0 Å². The standard InChI is InChI=1S/C23H33N3O2S.HI/c1-4-24-23(26-19(2)16-18-29(3,27)28)25-17-15-22(20-11-7-5-8-12-20)21-13-9-6-10-14-21;/h5-14,19,22H,4,15-18H2,1-3H3,(H2,24,25,26);1H. The van der Waals surface area contributed by atoms with Crippen molar-refractivity contribution in [1.82, 2.24) is 10.6 Å². The molecule has 0 saturated carbocycles. The minimum absolute atomic E-state index is 0. The summed E-state index contributed by atoms with van der Waals surface area (Å²) in [4.78, 5) is 4.73. The van der Waals surface area contributed by atoms with Crippen molar-refractivity contribution in [2.45, 2.75) is 38.6 Å². The number of rotatable bonds is 10. The first-order valence-electron chi connectivity index (χ1n) is 10.2. The third-order valence-electron chi connectivity index (χ3n) is 4.74. The predicted octanol–water partition coefficient (Wildman–Crippen LogP) is 4.20. The Morgan fingerprint density at radius 3 is 1.97 bits per heavy atom. The van der Waals surface area contributed by atoms with E-state index in [1.54, 1.807) is 0 Å². The molecule has 2 N–H and O–H groups in total. The van der Waals surface area contributed by atoms with Gasteiger partial charge in [-0.05, 0) is 37.8 Å². The van der Waals surface area contributed by atoms with Crippen LogP contribution in [0, 0.1) is 0 Å². The molecular formula is C23H34IN3O2S. The van der Waals surface area contributed by atoms with Crippen molar-refractivity contribution in [1.29, 1.82) is 0 Å². The molecule has 5 nitrogen and oxygen atoms in total. The van der Waals surface area contributed by atoms with E-state index in [0.717, 1.165) is 18.9 Å². The highest BCUT2D eigenvalue weighted by atomic mass is 127. The molecule has 0 saturated heterocycles. The van der Waals surface area contributed by atoms with E-state index in [0.29, 0.717) is 13.0 Å². The maximum Gasteiger partial charge on any atom is 0.191 e. The van der Waals surface area contributed by atoms with Gasteiger partial charge in [0, 0.05) is 31.3 Å². The molecule has 0 bridgehead atoms. The Hall–Kier alpha value is -1.61. The Kier molecular flexibility index (Phi) is 12.0. The molecular weight excluding hydrogens is 509 g/mol. The number of hydrogen-bond donors (Lipinski definition) is 2. The Bertz CT molecular complexity index is 819. The molecule has 0 aliphatic carbocycles. The number of sulfone groups is 1. The van der Waals surface area contributed by atoms with Crippen LogP contribution in [0.5, 0.6) is 0 Å². The van der Waals surface area contributed by atoms with Crippen LogP contribution < -0.4 is 10.6 Å². The SMILES string of the molecule is CCNC(=NCCC(c1ccccc1)c1ccccc1)NC(C)CCS(C)(=O)=O.I. The van der Waals surface area contributed by atoms with Crippen molar-refractivity contribution < 1.29 is 8.42 Å². The Morgan fingerprint density at radius 2 is 1.50 bits per heavy atom. The van der Waals surface area contributed by atoms with Gasteiger partial charge in [-0.3, -0.25) is 4.99 Å². The first kappa shape index (κ1) is 26.4. The summed E-state index contributed by atoms with van der Waals surface area (Å²) < 4.78 is 22.8. The fourth-order valence-electron chi connectivity index (χ4n) is 3.22. The summed E-state index contributed by atoms with van der Waals surface area (Å²) in [5.41, 5.74) is 2.57. The summed E-state index contributed by atoms with van der Waals surface area (Å²) in [5, 5.41) is 6.57. The van der Waals surface area contributed by atoms with Crippen LogP contribution in [0.25, 0.3) is 0 Å². The molecule has 1 atom stereocenters. The second-order valence-electron chi connectivity index (χ2n) is 7.39. The molecule has 7 heteroatoms. The Morgan fingerprint density at radius 1 is 0.967 bits per heavy atom. The normalized spacial score (nSPS) is 12.9. The molecule has 0 aliphatic rings. The van der Waals surface area contributed by atoms with Crippen molar-refractivity contribution in [2.75, 3.05) is 25.1 Å². The molecule has 2 rings (SSSR count). The lowest BCUT2D eigenvalue weighted by Crippen LogP contribution is -2.43. The molecule has 0 fully saturated rings. The van der Waals surface area contributed by atoms with Gasteiger partial charge in [-0.15, -0.1) is 24.0 Å². The van der Waals surface area contributed by atoms with Crippen LogP contribution in [-0.4, -0.2) is 45.5 Å². The number of hydrogen-bond acceptors (Lipinski definition) is 3. The number of nitrogens with one attached hydrogen (secondary N) is 2. The number of guanidine groups is 1. The lowest BCUT2D eigenvalue weighted by molar-refractivity contribution is 0.581. The highest BCUT2D eigenvalue weighted by Gasteiger charge is 2.14. The Labute approximate surface area is 198 Å². The molecule has 0 radical (unpaired) electrons. The summed E-state index contributed by atoms with van der Waals surface area (Å²) in [5.74, 6) is 1.19. The number of halogens is 1. The van der Waals surface area contributed by atoms with Crippen LogP contribution in [0.2, 0.25) is 0 Å². The molecule has 0 heterocycles. The van der Waals surface area contributed by atoms with Crippen molar-refractivity contribution in [3.05, 3.63) is 71.8 Å². The summed E-state index contributed by atoms with van der Waals surface area (Å²) in [6, 6.07) is 21.1. The van der Waals surface area contributed by atoms with Gasteiger partial charge < -0.3 is 10.6 Å². The predicted molar refractivity (Wildman–Crippen MR) is 138 cm³/mol. The molecule has 30 heavy (non-hydrogen) atoms. The van der Waals surface area contributed by atoms with Gasteiger partial charge in [0.15, 0.2) is 5.96 Å². The zero-order valence-electron chi connectivity index (χ0n) is 18.0. The largest absolute Gasteiger partial charge is 0.357 e. The average Bonchev–Trinajstić information content (AvgIpc) is 2.70. The Balaban J connectivity index is 0.00000450. The van der Waals surface area contributed by atoms with Crippen molar-refractivity contribution >= 4 is 39.8 Å². The zero-order chi connectivity index (χ0) is 21.1. The van der Waals surface area contributed by atoms with E-state index in [9.17, 15) is 8.42 Å². The molecule has 0 aliphatic heterocycles. The smallest absolute Gasteiger partial charge is 0.191 e. The van der Waals surface area contributed by atoms with Gasteiger partial charge in [-0.1, -0.05) is 60.7 Å². The van der Waals surface area contributed by atoms with Gasteiger partial charge in [0.1, 0.15) is 9.84 Å². The minimum Gasteiger partial charge on any atom is -0.357 e. The number of nitrogens with zero attached hydrogens (tertiary/aromatic N) is 1. The van der Waals surface area contributed by atoms with Crippen LogP contribution in [0.3, 0.4) is 0 Å². The quantitative estimate of drug-likeness (QED) is 0.268. The van der Waals surface area contributed by atoms with E-state index in [-0.39, 0.29) is 41.7 Å². The first-order valence-corrected chi connectivity index (χ1v) is 12.3. The molecule has 2 aromatic carbocycles. The monoisotopic (exact) mass is 543 g/mol. The lowest BCUT2D eigenvalue weighted by Gasteiger charge is -2.19. The highest BCUT2D eigenvalue weighted by Crippen LogP contribution is 2.27. The maximum atomic E-state index is 11.4. The zero-order valence-corrected chi connectivity index (χ0v) is 21.2. The summed E-state index contributed by atoms with van der Waals surface area (Å²) in [7, 11) is -2.96. The minimum atomic E-state index is -2.96. The average molecular weight is 544 g/mol. The molecule has 0 aromatic heterocycles. The fraction of sp³-hybridized carbons (Fsp3) is 0.435. The second kappa shape index (κ2) is 13.6. The molecule has 2 aromatic rings. The van der Waals surface area contributed by atoms with Crippen molar-refractivity contribution in [3.8, 4) is 0 Å². The van der Waals surface area contributed by atoms with Gasteiger partial charge >= 0.3 is 0 Å². The van der Waals surface area contributed by atoms with E-state index in [1.807, 2.05) is 26.0 Å².